The van der Waals surface area contributed by atoms with Crippen LogP contribution in [0.15, 0.2) is 29.2 Å². The molecule has 0 atom stereocenters. The van der Waals surface area contributed by atoms with Crippen molar-refractivity contribution < 1.29 is 4.52 Å². The third-order valence-corrected chi connectivity index (χ3v) is 2.04. The van der Waals surface area contributed by atoms with Gasteiger partial charge in [-0.25, -0.2) is 0 Å². The SMILES string of the molecule is c1cc(CNc2cncc3nnnn23)on1. The van der Waals surface area contributed by atoms with Crippen LogP contribution in [-0.4, -0.2) is 30.2 Å². The first-order chi connectivity index (χ1) is 7.93. The smallest absolute Gasteiger partial charge is 0.199 e. The summed E-state index contributed by atoms with van der Waals surface area (Å²) in [5.74, 6) is 1.42. The molecule has 3 rings (SSSR count). The Morgan fingerprint density at radius 2 is 2.38 bits per heavy atom. The van der Waals surface area contributed by atoms with Crippen LogP contribution in [0.5, 0.6) is 0 Å². The van der Waals surface area contributed by atoms with E-state index in [9.17, 15) is 0 Å². The highest BCUT2D eigenvalue weighted by Crippen LogP contribution is 2.07. The molecule has 3 aromatic heterocycles. The minimum atomic E-state index is 0.501. The van der Waals surface area contributed by atoms with Crippen LogP contribution >= 0.6 is 0 Å². The van der Waals surface area contributed by atoms with Gasteiger partial charge in [-0.15, -0.1) is 5.10 Å². The number of nitrogens with one attached hydrogen (secondary N) is 1. The minimum Gasteiger partial charge on any atom is -0.361 e. The number of anilines is 1. The predicted octanol–water partition coefficient (Wildman–Crippen LogP) is 0.119. The summed E-state index contributed by atoms with van der Waals surface area (Å²) in [7, 11) is 0. The highest BCUT2D eigenvalue weighted by atomic mass is 16.5. The summed E-state index contributed by atoms with van der Waals surface area (Å²) in [5.41, 5.74) is 0.586. The third-order valence-electron chi connectivity index (χ3n) is 2.04. The first-order valence-electron chi connectivity index (χ1n) is 4.59. The van der Waals surface area contributed by atoms with E-state index in [-0.39, 0.29) is 0 Å². The lowest BCUT2D eigenvalue weighted by Gasteiger charge is -2.03. The van der Waals surface area contributed by atoms with E-state index in [2.05, 4.69) is 31.0 Å². The molecule has 0 aromatic carbocycles. The molecule has 0 saturated heterocycles. The van der Waals surface area contributed by atoms with Gasteiger partial charge in [0.2, 0.25) is 0 Å². The highest BCUT2D eigenvalue weighted by molar-refractivity contribution is 5.43. The molecule has 0 radical (unpaired) electrons. The standard InChI is InChI=1S/C8H7N7O/c1-2-11-16-6(1)3-10-7-4-9-5-8-12-13-14-15(7)8/h1-2,4-5,10H,3H2. The maximum absolute atomic E-state index is 4.95. The maximum Gasteiger partial charge on any atom is 0.199 e. The van der Waals surface area contributed by atoms with Gasteiger partial charge in [-0.2, -0.15) is 4.52 Å². The molecule has 8 nitrogen and oxygen atoms in total. The van der Waals surface area contributed by atoms with E-state index >= 15 is 0 Å². The van der Waals surface area contributed by atoms with Gasteiger partial charge in [0, 0.05) is 6.07 Å². The summed E-state index contributed by atoms with van der Waals surface area (Å²) >= 11 is 0. The number of rotatable bonds is 3. The van der Waals surface area contributed by atoms with Gasteiger partial charge >= 0.3 is 0 Å². The molecule has 0 bridgehead atoms. The van der Waals surface area contributed by atoms with Crippen molar-refractivity contribution in [2.75, 3.05) is 5.32 Å². The van der Waals surface area contributed by atoms with Crippen LogP contribution in [0.2, 0.25) is 0 Å². The van der Waals surface area contributed by atoms with Crippen LogP contribution in [0.25, 0.3) is 5.65 Å². The van der Waals surface area contributed by atoms with Crippen LogP contribution < -0.4 is 5.32 Å². The molecule has 80 valence electrons. The predicted molar refractivity (Wildman–Crippen MR) is 52.4 cm³/mol. The average molecular weight is 217 g/mol. The Morgan fingerprint density at radius 3 is 3.25 bits per heavy atom. The van der Waals surface area contributed by atoms with Crippen molar-refractivity contribution in [3.8, 4) is 0 Å². The minimum absolute atomic E-state index is 0.501. The van der Waals surface area contributed by atoms with E-state index in [4.69, 9.17) is 4.52 Å². The first-order valence-corrected chi connectivity index (χ1v) is 4.59. The quantitative estimate of drug-likeness (QED) is 0.665. The number of tetrazole rings is 1. The van der Waals surface area contributed by atoms with Gasteiger partial charge in [0.1, 0.15) is 0 Å². The lowest BCUT2D eigenvalue weighted by Crippen LogP contribution is -2.05. The lowest BCUT2D eigenvalue weighted by atomic mass is 10.4. The molecular formula is C8H7N7O. The summed E-state index contributed by atoms with van der Waals surface area (Å²) < 4.78 is 6.51. The second-order valence-electron chi connectivity index (χ2n) is 3.07. The number of nitrogens with zero attached hydrogens (tertiary/aromatic N) is 6. The van der Waals surface area contributed by atoms with Crippen LogP contribution in [0.4, 0.5) is 5.82 Å². The Balaban J connectivity index is 1.86. The first kappa shape index (κ1) is 8.77. The zero-order valence-electron chi connectivity index (χ0n) is 8.11. The molecule has 0 aliphatic rings. The topological polar surface area (TPSA) is 94.0 Å². The van der Waals surface area contributed by atoms with Crippen molar-refractivity contribution >= 4 is 11.5 Å². The Bertz CT molecular complexity index is 587. The largest absolute Gasteiger partial charge is 0.361 e. The Labute approximate surface area is 89.3 Å². The zero-order chi connectivity index (χ0) is 10.8. The molecule has 0 spiro atoms. The second-order valence-corrected chi connectivity index (χ2v) is 3.07. The van der Waals surface area contributed by atoms with Gasteiger partial charge in [0.05, 0.1) is 25.1 Å². The molecule has 3 heterocycles. The number of hydrogen-bond donors (Lipinski definition) is 1. The normalized spacial score (nSPS) is 10.8. The molecule has 3 aromatic rings. The van der Waals surface area contributed by atoms with Crippen molar-refractivity contribution in [1.82, 2.24) is 30.2 Å². The lowest BCUT2D eigenvalue weighted by molar-refractivity contribution is 0.388. The fourth-order valence-corrected chi connectivity index (χ4v) is 1.31. The van der Waals surface area contributed by atoms with Gasteiger partial charge < -0.3 is 9.84 Å². The number of hydrogen-bond acceptors (Lipinski definition) is 7. The molecule has 1 N–H and O–H groups in total. The van der Waals surface area contributed by atoms with E-state index < -0.39 is 0 Å². The van der Waals surface area contributed by atoms with Crippen molar-refractivity contribution in [2.24, 2.45) is 0 Å². The monoisotopic (exact) mass is 217 g/mol. The van der Waals surface area contributed by atoms with Gasteiger partial charge in [0.15, 0.2) is 17.2 Å². The van der Waals surface area contributed by atoms with Gasteiger partial charge in [-0.05, 0) is 10.4 Å². The summed E-state index contributed by atoms with van der Waals surface area (Å²) in [6.07, 6.45) is 4.81. The highest BCUT2D eigenvalue weighted by Gasteiger charge is 2.04. The Morgan fingerprint density at radius 1 is 1.38 bits per heavy atom. The van der Waals surface area contributed by atoms with Gasteiger partial charge in [-0.3, -0.25) is 4.98 Å². The van der Waals surface area contributed by atoms with E-state index in [1.54, 1.807) is 29.2 Å². The molecule has 8 heteroatoms. The summed E-state index contributed by atoms with van der Waals surface area (Å²) in [6, 6.07) is 1.78. The van der Waals surface area contributed by atoms with E-state index in [0.717, 1.165) is 5.76 Å². The summed E-state index contributed by atoms with van der Waals surface area (Å²) in [5, 5.41) is 17.9. The van der Waals surface area contributed by atoms with Crippen molar-refractivity contribution in [1.29, 1.82) is 0 Å². The van der Waals surface area contributed by atoms with Crippen LogP contribution in [0.1, 0.15) is 5.76 Å². The number of aromatic nitrogens is 6. The molecule has 0 amide bonds. The van der Waals surface area contributed by atoms with Crippen molar-refractivity contribution in [3.05, 3.63) is 30.4 Å². The van der Waals surface area contributed by atoms with E-state index in [0.29, 0.717) is 18.0 Å². The van der Waals surface area contributed by atoms with Crippen LogP contribution in [-0.2, 0) is 6.54 Å². The average Bonchev–Trinajstić information content (AvgIpc) is 2.97. The van der Waals surface area contributed by atoms with E-state index in [1.165, 1.54) is 0 Å². The second kappa shape index (κ2) is 3.57. The molecule has 16 heavy (non-hydrogen) atoms. The fraction of sp³-hybridized carbons (Fsp3) is 0.125. The van der Waals surface area contributed by atoms with Crippen LogP contribution in [0.3, 0.4) is 0 Å². The fourth-order valence-electron chi connectivity index (χ4n) is 1.31. The molecular weight excluding hydrogens is 210 g/mol. The summed E-state index contributed by atoms with van der Waals surface area (Å²) in [4.78, 5) is 4.01. The third kappa shape index (κ3) is 1.45. The Hall–Kier alpha value is -2.51. The molecule has 0 fully saturated rings. The molecule has 0 aliphatic carbocycles. The van der Waals surface area contributed by atoms with Crippen LogP contribution in [0, 0.1) is 0 Å². The van der Waals surface area contributed by atoms with Crippen molar-refractivity contribution in [3.63, 3.8) is 0 Å². The maximum atomic E-state index is 4.95. The van der Waals surface area contributed by atoms with E-state index in [1.807, 2.05) is 0 Å². The van der Waals surface area contributed by atoms with Gasteiger partial charge in [0.25, 0.3) is 0 Å². The number of fused-ring (bicyclic) bond motifs is 1. The zero-order valence-corrected chi connectivity index (χ0v) is 8.11. The molecule has 0 saturated carbocycles. The summed E-state index contributed by atoms with van der Waals surface area (Å²) in [6.45, 7) is 0.501. The van der Waals surface area contributed by atoms with Gasteiger partial charge in [-0.1, -0.05) is 5.16 Å². The Kier molecular flexibility index (Phi) is 1.96. The molecule has 0 unspecified atom stereocenters. The van der Waals surface area contributed by atoms with Crippen molar-refractivity contribution in [2.45, 2.75) is 6.54 Å². The molecule has 0 aliphatic heterocycles.